The average molecular weight is 366 g/mol. The third-order valence-electron chi connectivity index (χ3n) is 8.90. The van der Waals surface area contributed by atoms with Gasteiger partial charge in [0.15, 0.2) is 0 Å². The van der Waals surface area contributed by atoms with Crippen molar-refractivity contribution in [1.29, 1.82) is 0 Å². The number of hydrogen-bond donors (Lipinski definition) is 1. The summed E-state index contributed by atoms with van der Waals surface area (Å²) >= 11 is 0. The van der Waals surface area contributed by atoms with E-state index >= 15 is 0 Å². The normalized spacial score (nSPS) is 43.6. The fraction of sp³-hybridized carbons (Fsp3) is 0.696. The summed E-state index contributed by atoms with van der Waals surface area (Å²) in [6, 6.07) is 0. The second-order valence-electron chi connectivity index (χ2n) is 9.86. The van der Waals surface area contributed by atoms with Crippen molar-refractivity contribution < 1.29 is 4.79 Å². The highest BCUT2D eigenvalue weighted by molar-refractivity contribution is 5.76. The molecule has 2 saturated carbocycles. The van der Waals surface area contributed by atoms with Crippen LogP contribution in [0.15, 0.2) is 24.7 Å². The molecular formula is C23H31N3O. The van der Waals surface area contributed by atoms with E-state index in [1.165, 1.54) is 37.7 Å². The first-order valence-corrected chi connectivity index (χ1v) is 10.8. The van der Waals surface area contributed by atoms with Gasteiger partial charge in [-0.05, 0) is 78.6 Å². The van der Waals surface area contributed by atoms with Crippen LogP contribution >= 0.6 is 0 Å². The Labute approximate surface area is 162 Å². The first-order valence-electron chi connectivity index (χ1n) is 10.8. The van der Waals surface area contributed by atoms with E-state index in [9.17, 15) is 4.79 Å². The van der Waals surface area contributed by atoms with Crippen LogP contribution in [0.4, 0.5) is 0 Å². The molecule has 0 unspecified atom stereocenters. The van der Waals surface area contributed by atoms with Gasteiger partial charge in [-0.3, -0.25) is 14.8 Å². The number of allylic oxidation sites excluding steroid dienone is 2. The van der Waals surface area contributed by atoms with Crippen LogP contribution in [0, 0.1) is 34.5 Å². The molecule has 27 heavy (non-hydrogen) atoms. The minimum absolute atomic E-state index is 0.235. The number of hydrogen-bond acceptors (Lipinski definition) is 3. The van der Waals surface area contributed by atoms with Crippen molar-refractivity contribution in [3.05, 3.63) is 30.4 Å². The molecule has 0 bridgehead atoms. The van der Waals surface area contributed by atoms with Crippen molar-refractivity contribution >= 4 is 11.5 Å². The Morgan fingerprint density at radius 1 is 1.11 bits per heavy atom. The molecule has 2 heterocycles. The smallest absolute Gasteiger partial charge is 0.220 e. The molecule has 1 aliphatic heterocycles. The van der Waals surface area contributed by atoms with Crippen LogP contribution in [0.3, 0.4) is 0 Å². The summed E-state index contributed by atoms with van der Waals surface area (Å²) in [7, 11) is 0. The fourth-order valence-electron chi connectivity index (χ4n) is 7.43. The third kappa shape index (κ3) is 2.51. The zero-order valence-corrected chi connectivity index (χ0v) is 16.6. The lowest BCUT2D eigenvalue weighted by Gasteiger charge is -2.58. The van der Waals surface area contributed by atoms with E-state index in [0.29, 0.717) is 11.3 Å². The zero-order chi connectivity index (χ0) is 18.6. The molecule has 4 aliphatic rings. The van der Waals surface area contributed by atoms with Gasteiger partial charge in [-0.15, -0.1) is 0 Å². The van der Waals surface area contributed by atoms with E-state index in [1.54, 1.807) is 6.20 Å². The highest BCUT2D eigenvalue weighted by atomic mass is 16.1. The Morgan fingerprint density at radius 3 is 2.81 bits per heavy atom. The van der Waals surface area contributed by atoms with Crippen molar-refractivity contribution in [3.63, 3.8) is 0 Å². The molecule has 0 aromatic carbocycles. The molecule has 144 valence electrons. The van der Waals surface area contributed by atoms with Crippen LogP contribution in [-0.4, -0.2) is 22.4 Å². The number of carbonyl (C=O) groups excluding carboxylic acids is 1. The van der Waals surface area contributed by atoms with Crippen molar-refractivity contribution in [2.45, 2.75) is 58.8 Å². The van der Waals surface area contributed by atoms with Gasteiger partial charge >= 0.3 is 0 Å². The number of fused-ring (bicyclic) bond motifs is 5. The molecule has 3 fully saturated rings. The van der Waals surface area contributed by atoms with Crippen LogP contribution in [-0.2, 0) is 4.79 Å². The summed E-state index contributed by atoms with van der Waals surface area (Å²) < 4.78 is 0. The second kappa shape index (κ2) is 6.15. The van der Waals surface area contributed by atoms with Gasteiger partial charge in [0, 0.05) is 25.4 Å². The quantitative estimate of drug-likeness (QED) is 0.810. The Morgan fingerprint density at radius 2 is 2.00 bits per heavy atom. The molecule has 1 saturated heterocycles. The molecule has 1 aromatic rings. The molecule has 4 heteroatoms. The zero-order valence-electron chi connectivity index (χ0n) is 16.6. The minimum Gasteiger partial charge on any atom is -0.356 e. The van der Waals surface area contributed by atoms with Gasteiger partial charge in [0.1, 0.15) is 0 Å². The maximum Gasteiger partial charge on any atom is 0.220 e. The molecule has 1 aromatic heterocycles. The van der Waals surface area contributed by atoms with Gasteiger partial charge in [-0.2, -0.15) is 0 Å². The summed E-state index contributed by atoms with van der Waals surface area (Å²) in [5, 5.41) is 3.14. The number of nitrogens with one attached hydrogen (secondary N) is 1. The Kier molecular flexibility index (Phi) is 3.96. The number of aromatic nitrogens is 2. The maximum absolute atomic E-state index is 12.1. The van der Waals surface area contributed by atoms with Crippen LogP contribution in [0.5, 0.6) is 0 Å². The van der Waals surface area contributed by atoms with Gasteiger partial charge in [0.05, 0.1) is 11.9 Å². The number of rotatable bonds is 1. The first kappa shape index (κ1) is 17.4. The lowest BCUT2D eigenvalue weighted by molar-refractivity contribution is -0.124. The van der Waals surface area contributed by atoms with Crippen molar-refractivity contribution in [2.75, 3.05) is 6.54 Å². The summed E-state index contributed by atoms with van der Waals surface area (Å²) in [5.74, 6) is 3.10. The lowest BCUT2D eigenvalue weighted by Crippen LogP contribution is -2.51. The highest BCUT2D eigenvalue weighted by Gasteiger charge is 2.58. The molecule has 4 nitrogen and oxygen atoms in total. The SMILES string of the molecule is C[C@]12CCNC(=O)C[C@@H]1CC[C@@H]1[C@@H]2CC[C@]2(C)C(c3cnccn3)=CC[C@@H]12. The summed E-state index contributed by atoms with van der Waals surface area (Å²) in [6.45, 7) is 5.84. The summed E-state index contributed by atoms with van der Waals surface area (Å²) in [4.78, 5) is 21.1. The van der Waals surface area contributed by atoms with E-state index in [-0.39, 0.29) is 11.3 Å². The predicted octanol–water partition coefficient (Wildman–Crippen LogP) is 4.24. The fourth-order valence-corrected chi connectivity index (χ4v) is 7.43. The molecule has 0 radical (unpaired) electrons. The van der Waals surface area contributed by atoms with Gasteiger partial charge in [0.25, 0.3) is 0 Å². The Hall–Kier alpha value is -1.71. The Balaban J connectivity index is 1.45. The van der Waals surface area contributed by atoms with Crippen molar-refractivity contribution in [1.82, 2.24) is 15.3 Å². The second-order valence-corrected chi connectivity index (χ2v) is 9.86. The molecule has 5 rings (SSSR count). The monoisotopic (exact) mass is 365 g/mol. The number of nitrogens with zero attached hydrogens (tertiary/aromatic N) is 2. The van der Waals surface area contributed by atoms with Gasteiger partial charge in [-0.25, -0.2) is 0 Å². The summed E-state index contributed by atoms with van der Waals surface area (Å²) in [5.41, 5.74) is 3.06. The largest absolute Gasteiger partial charge is 0.356 e. The van der Waals surface area contributed by atoms with E-state index in [2.05, 4.69) is 35.2 Å². The van der Waals surface area contributed by atoms with Crippen molar-refractivity contribution in [2.24, 2.45) is 34.5 Å². The van der Waals surface area contributed by atoms with Crippen LogP contribution < -0.4 is 5.32 Å². The molecule has 1 N–H and O–H groups in total. The molecule has 6 atom stereocenters. The van der Waals surface area contributed by atoms with Crippen molar-refractivity contribution in [3.8, 4) is 0 Å². The number of amides is 1. The topological polar surface area (TPSA) is 54.9 Å². The first-order chi connectivity index (χ1) is 13.0. The van der Waals surface area contributed by atoms with Gasteiger partial charge in [0.2, 0.25) is 5.91 Å². The van der Waals surface area contributed by atoms with E-state index < -0.39 is 0 Å². The van der Waals surface area contributed by atoms with Gasteiger partial charge < -0.3 is 5.32 Å². The lowest BCUT2D eigenvalue weighted by atomic mass is 9.46. The summed E-state index contributed by atoms with van der Waals surface area (Å²) in [6.07, 6.45) is 16.1. The third-order valence-corrected chi connectivity index (χ3v) is 8.90. The molecule has 1 amide bonds. The standard InChI is InChI=1S/C23H31N3O/c1-22-9-10-26-21(27)13-15(22)3-4-16-17-5-6-19(20-14-24-11-12-25-20)23(17,2)8-7-18(16)22/h6,11-12,14-18H,3-5,7-10,13H2,1-2H3,(H,26,27)/t15-,16-,17-,18-,22-,23-/m0/s1. The molecule has 3 aliphatic carbocycles. The highest BCUT2D eigenvalue weighted by Crippen LogP contribution is 2.66. The Bertz CT molecular complexity index is 775. The molecule has 0 spiro atoms. The van der Waals surface area contributed by atoms with Gasteiger partial charge in [-0.1, -0.05) is 19.9 Å². The van der Waals surface area contributed by atoms with Crippen LogP contribution in [0.2, 0.25) is 0 Å². The van der Waals surface area contributed by atoms with Crippen LogP contribution in [0.25, 0.3) is 5.57 Å². The predicted molar refractivity (Wildman–Crippen MR) is 106 cm³/mol. The van der Waals surface area contributed by atoms with E-state index in [0.717, 1.165) is 42.8 Å². The van der Waals surface area contributed by atoms with Crippen LogP contribution in [0.1, 0.15) is 64.5 Å². The maximum atomic E-state index is 12.1. The van der Waals surface area contributed by atoms with E-state index in [4.69, 9.17) is 0 Å². The average Bonchev–Trinajstić information content (AvgIpc) is 2.93. The number of carbonyl (C=O) groups is 1. The minimum atomic E-state index is 0.235. The molecular weight excluding hydrogens is 334 g/mol. The van der Waals surface area contributed by atoms with E-state index in [1.807, 2.05) is 12.4 Å².